The Morgan fingerprint density at radius 2 is 0.632 bits per heavy atom. The Labute approximate surface area is 333 Å². The Morgan fingerprint density at radius 1 is 0.263 bits per heavy atom. The van der Waals surface area contributed by atoms with Crippen LogP contribution in [0.3, 0.4) is 0 Å². The average molecular weight is 727 g/mol. The van der Waals surface area contributed by atoms with Crippen molar-refractivity contribution in [3.63, 3.8) is 0 Å². The van der Waals surface area contributed by atoms with E-state index in [1.165, 1.54) is 44.5 Å². The van der Waals surface area contributed by atoms with Crippen molar-refractivity contribution in [1.29, 1.82) is 0 Å². The number of ether oxygens (including phenoxy) is 2. The third kappa shape index (κ3) is 5.67. The van der Waals surface area contributed by atoms with Gasteiger partial charge in [-0.25, -0.2) is 0 Å². The molecule has 266 valence electrons. The SMILES string of the molecule is c1ccc(-c2cccc(-c3ccccc3)c2-c2c(-c3ccccc3)cccc2-c2cccc(-c3cc4c5c(c3)Oc3ccccc3B5c3ccccc3O4)c2)cc1. The van der Waals surface area contributed by atoms with E-state index in [0.29, 0.717) is 0 Å². The van der Waals surface area contributed by atoms with Gasteiger partial charge in [0, 0.05) is 5.46 Å². The van der Waals surface area contributed by atoms with E-state index in [-0.39, 0.29) is 6.71 Å². The Morgan fingerprint density at radius 3 is 1.11 bits per heavy atom. The molecule has 9 aromatic rings. The molecule has 0 fully saturated rings. The second-order valence-electron chi connectivity index (χ2n) is 14.7. The molecule has 2 aliphatic heterocycles. The maximum absolute atomic E-state index is 6.69. The lowest BCUT2D eigenvalue weighted by atomic mass is 9.35. The lowest BCUT2D eigenvalue weighted by Crippen LogP contribution is -2.57. The summed E-state index contributed by atoms with van der Waals surface area (Å²) < 4.78 is 13.4. The molecule has 0 saturated heterocycles. The zero-order valence-electron chi connectivity index (χ0n) is 31.1. The molecule has 57 heavy (non-hydrogen) atoms. The van der Waals surface area contributed by atoms with Crippen molar-refractivity contribution < 1.29 is 9.47 Å². The van der Waals surface area contributed by atoms with Crippen LogP contribution < -0.4 is 25.9 Å². The largest absolute Gasteiger partial charge is 0.458 e. The highest BCUT2D eigenvalue weighted by atomic mass is 16.5. The second-order valence-corrected chi connectivity index (χ2v) is 14.7. The van der Waals surface area contributed by atoms with Crippen LogP contribution in [-0.2, 0) is 0 Å². The summed E-state index contributed by atoms with van der Waals surface area (Å²) in [7, 11) is 0. The van der Waals surface area contributed by atoms with E-state index in [4.69, 9.17) is 9.47 Å². The highest BCUT2D eigenvalue weighted by molar-refractivity contribution is 6.98. The standard InChI is InChI=1S/C54H35BO2/c1-4-17-36(18-5-1)42-25-15-26-43(37-19-6-2-7-20-37)52(42)53-44(38-21-8-3-9-22-38)27-16-28-45(53)40-24-14-23-39(33-40)41-34-50-54-51(35-41)57-49-32-13-11-30-47(49)55(54)46-29-10-12-31-48(46)56-50/h1-35H. The molecular weight excluding hydrogens is 691 g/mol. The summed E-state index contributed by atoms with van der Waals surface area (Å²) in [5.74, 6) is 3.44. The van der Waals surface area contributed by atoms with Crippen molar-refractivity contribution in [1.82, 2.24) is 0 Å². The molecule has 0 aliphatic carbocycles. The Bertz CT molecular complexity index is 2830. The van der Waals surface area contributed by atoms with Gasteiger partial charge in [0.15, 0.2) is 0 Å². The Balaban J connectivity index is 1.13. The summed E-state index contributed by atoms with van der Waals surface area (Å²) in [6.45, 7) is 0.0389. The minimum absolute atomic E-state index is 0.0389. The normalized spacial score (nSPS) is 12.1. The minimum atomic E-state index is 0.0389. The molecule has 3 heteroatoms. The van der Waals surface area contributed by atoms with E-state index in [1.54, 1.807) is 0 Å². The first-order valence-corrected chi connectivity index (χ1v) is 19.5. The molecule has 0 unspecified atom stereocenters. The van der Waals surface area contributed by atoms with Gasteiger partial charge in [-0.1, -0.05) is 182 Å². The number of rotatable bonds is 6. The molecule has 0 N–H and O–H groups in total. The van der Waals surface area contributed by atoms with Gasteiger partial charge in [-0.3, -0.25) is 0 Å². The quantitative estimate of drug-likeness (QED) is 0.159. The lowest BCUT2D eigenvalue weighted by Gasteiger charge is -2.33. The van der Waals surface area contributed by atoms with Crippen molar-refractivity contribution in [2.45, 2.75) is 0 Å². The fourth-order valence-corrected chi connectivity index (χ4v) is 8.89. The zero-order valence-corrected chi connectivity index (χ0v) is 31.1. The molecule has 2 aliphatic rings. The summed E-state index contributed by atoms with van der Waals surface area (Å²) in [5, 5.41) is 0. The summed E-state index contributed by atoms with van der Waals surface area (Å²) in [6.07, 6.45) is 0. The first-order chi connectivity index (χ1) is 28.3. The molecule has 11 rings (SSSR count). The maximum Gasteiger partial charge on any atom is 0.260 e. The highest BCUT2D eigenvalue weighted by Gasteiger charge is 2.40. The van der Waals surface area contributed by atoms with Crippen LogP contribution in [0, 0.1) is 0 Å². The lowest BCUT2D eigenvalue weighted by molar-refractivity contribution is 0.465. The first-order valence-electron chi connectivity index (χ1n) is 19.5. The van der Waals surface area contributed by atoms with Gasteiger partial charge in [-0.05, 0) is 108 Å². The molecule has 9 aromatic carbocycles. The fourth-order valence-electron chi connectivity index (χ4n) is 8.89. The van der Waals surface area contributed by atoms with Gasteiger partial charge in [-0.15, -0.1) is 0 Å². The van der Waals surface area contributed by atoms with Crippen LogP contribution in [0.1, 0.15) is 0 Å². The Kier molecular flexibility index (Phi) is 7.96. The van der Waals surface area contributed by atoms with Crippen molar-refractivity contribution in [2.75, 3.05) is 0 Å². The highest BCUT2D eigenvalue weighted by Crippen LogP contribution is 2.49. The number of hydrogen-bond acceptors (Lipinski definition) is 2. The molecule has 0 bridgehead atoms. The fraction of sp³-hybridized carbons (Fsp3) is 0. The monoisotopic (exact) mass is 726 g/mol. The summed E-state index contributed by atoms with van der Waals surface area (Å²) in [4.78, 5) is 0. The number of fused-ring (bicyclic) bond motifs is 4. The van der Waals surface area contributed by atoms with Gasteiger partial charge >= 0.3 is 0 Å². The molecule has 2 nitrogen and oxygen atoms in total. The van der Waals surface area contributed by atoms with E-state index >= 15 is 0 Å². The van der Waals surface area contributed by atoms with E-state index in [2.05, 4.69) is 200 Å². The molecule has 0 amide bonds. The zero-order chi connectivity index (χ0) is 37.7. The minimum Gasteiger partial charge on any atom is -0.458 e. The van der Waals surface area contributed by atoms with Crippen LogP contribution in [-0.4, -0.2) is 6.71 Å². The predicted octanol–water partition coefficient (Wildman–Crippen LogP) is 12.4. The van der Waals surface area contributed by atoms with Crippen molar-refractivity contribution in [3.05, 3.63) is 212 Å². The van der Waals surface area contributed by atoms with Crippen molar-refractivity contribution in [3.8, 4) is 89.8 Å². The van der Waals surface area contributed by atoms with Crippen LogP contribution in [0.4, 0.5) is 0 Å². The number of para-hydroxylation sites is 2. The van der Waals surface area contributed by atoms with Crippen LogP contribution in [0.25, 0.3) is 66.8 Å². The summed E-state index contributed by atoms with van der Waals surface area (Å²) in [6, 6.07) is 75.8. The molecule has 0 radical (unpaired) electrons. The van der Waals surface area contributed by atoms with Gasteiger partial charge in [0.2, 0.25) is 0 Å². The predicted molar refractivity (Wildman–Crippen MR) is 237 cm³/mol. The van der Waals surface area contributed by atoms with Crippen LogP contribution in [0.5, 0.6) is 23.0 Å². The van der Waals surface area contributed by atoms with Crippen LogP contribution in [0.15, 0.2) is 212 Å². The molecule has 0 aromatic heterocycles. The Hall–Kier alpha value is -7.36. The van der Waals surface area contributed by atoms with Crippen LogP contribution in [0.2, 0.25) is 0 Å². The van der Waals surface area contributed by atoms with Gasteiger partial charge in [0.05, 0.1) is 0 Å². The molecule has 2 heterocycles. The van der Waals surface area contributed by atoms with E-state index in [1.807, 2.05) is 12.1 Å². The summed E-state index contributed by atoms with van der Waals surface area (Å²) >= 11 is 0. The number of benzene rings is 9. The first kappa shape index (κ1) is 33.0. The maximum atomic E-state index is 6.69. The summed E-state index contributed by atoms with van der Waals surface area (Å²) in [5.41, 5.74) is 17.3. The second kappa shape index (κ2) is 13.7. The van der Waals surface area contributed by atoms with Crippen molar-refractivity contribution in [2.24, 2.45) is 0 Å². The third-order valence-corrected chi connectivity index (χ3v) is 11.4. The molecule has 0 saturated carbocycles. The van der Waals surface area contributed by atoms with Gasteiger partial charge < -0.3 is 9.47 Å². The van der Waals surface area contributed by atoms with Crippen LogP contribution >= 0.6 is 0 Å². The molecule has 0 atom stereocenters. The molecular formula is C54H35BO2. The van der Waals surface area contributed by atoms with Gasteiger partial charge in [0.25, 0.3) is 6.71 Å². The smallest absolute Gasteiger partial charge is 0.260 e. The molecule has 0 spiro atoms. The van der Waals surface area contributed by atoms with Crippen molar-refractivity contribution >= 4 is 23.1 Å². The van der Waals surface area contributed by atoms with Gasteiger partial charge in [0.1, 0.15) is 23.0 Å². The third-order valence-electron chi connectivity index (χ3n) is 11.4. The number of hydrogen-bond donors (Lipinski definition) is 0. The van der Waals surface area contributed by atoms with E-state index in [0.717, 1.165) is 61.6 Å². The van der Waals surface area contributed by atoms with Gasteiger partial charge in [-0.2, -0.15) is 0 Å². The average Bonchev–Trinajstić information content (AvgIpc) is 3.29. The van der Waals surface area contributed by atoms with E-state index < -0.39 is 0 Å². The topological polar surface area (TPSA) is 18.5 Å². The van der Waals surface area contributed by atoms with E-state index in [9.17, 15) is 0 Å².